The fraction of sp³-hybridized carbons (Fsp3) is 0.333. The molecule has 1 aromatic carbocycles. The van der Waals surface area contributed by atoms with Gasteiger partial charge in [-0.15, -0.1) is 0 Å². The SMILES string of the molecule is COP(C)(=[Se])OCc1ccccc1. The molecule has 1 rings (SSSR count). The molecular formula is C9H13O2PSe. The van der Waals surface area contributed by atoms with Gasteiger partial charge in [0.25, 0.3) is 0 Å². The van der Waals surface area contributed by atoms with Gasteiger partial charge in [-0.2, -0.15) is 0 Å². The Hall–Kier alpha value is 0.0895. The number of hydrogen-bond donors (Lipinski definition) is 0. The molecule has 0 aromatic heterocycles. The standard InChI is InChI=1S/C9H13O2PSe/c1-10-12(2,13)11-8-9-6-4-3-5-7-9/h3-7H,8H2,1-2H3. The van der Waals surface area contributed by atoms with Gasteiger partial charge in [0.2, 0.25) is 0 Å². The van der Waals surface area contributed by atoms with Crippen molar-refractivity contribution in [3.8, 4) is 0 Å². The quantitative estimate of drug-likeness (QED) is 0.613. The Morgan fingerprint density at radius 2 is 1.92 bits per heavy atom. The van der Waals surface area contributed by atoms with Gasteiger partial charge < -0.3 is 0 Å². The molecule has 0 aliphatic rings. The summed E-state index contributed by atoms with van der Waals surface area (Å²) in [7, 11) is 1.66. The van der Waals surface area contributed by atoms with Crippen LogP contribution in [0, 0.1) is 0 Å². The van der Waals surface area contributed by atoms with Crippen LogP contribution in [-0.2, 0) is 15.7 Å². The van der Waals surface area contributed by atoms with E-state index in [0.29, 0.717) is 6.61 Å². The second-order valence-electron chi connectivity index (χ2n) is 2.71. The van der Waals surface area contributed by atoms with Crippen LogP contribution in [0.1, 0.15) is 5.56 Å². The average molecular weight is 263 g/mol. The fourth-order valence-electron chi connectivity index (χ4n) is 0.819. The second-order valence-corrected chi connectivity index (χ2v) is 9.05. The first-order valence-corrected chi connectivity index (χ1v) is 8.24. The Balaban J connectivity index is 2.49. The number of rotatable bonds is 4. The molecule has 0 aliphatic carbocycles. The minimum absolute atomic E-state index is 0.603. The van der Waals surface area contributed by atoms with Crippen molar-refractivity contribution in [2.24, 2.45) is 0 Å². The molecule has 13 heavy (non-hydrogen) atoms. The van der Waals surface area contributed by atoms with Crippen LogP contribution in [-0.4, -0.2) is 28.9 Å². The normalized spacial score (nSPS) is 15.2. The van der Waals surface area contributed by atoms with E-state index in [0.717, 1.165) is 0 Å². The van der Waals surface area contributed by atoms with Crippen LogP contribution in [0.25, 0.3) is 0 Å². The van der Waals surface area contributed by atoms with Crippen LogP contribution < -0.4 is 0 Å². The van der Waals surface area contributed by atoms with Crippen LogP contribution in [0.15, 0.2) is 30.3 Å². The molecule has 0 spiro atoms. The summed E-state index contributed by atoms with van der Waals surface area (Å²) in [5, 5.41) is 0. The van der Waals surface area contributed by atoms with E-state index in [1.807, 2.05) is 37.0 Å². The molecule has 0 saturated carbocycles. The summed E-state index contributed by atoms with van der Waals surface area (Å²) in [6.45, 7) is 2.56. The molecule has 0 bridgehead atoms. The molecule has 2 nitrogen and oxygen atoms in total. The van der Waals surface area contributed by atoms with Crippen molar-refractivity contribution in [3.63, 3.8) is 0 Å². The summed E-state index contributed by atoms with van der Waals surface area (Å²) < 4.78 is 10.8. The van der Waals surface area contributed by atoms with Crippen molar-refractivity contribution in [1.82, 2.24) is 0 Å². The van der Waals surface area contributed by atoms with Gasteiger partial charge in [-0.05, 0) is 0 Å². The van der Waals surface area contributed by atoms with E-state index in [-0.39, 0.29) is 0 Å². The van der Waals surface area contributed by atoms with Gasteiger partial charge in [-0.1, -0.05) is 0 Å². The third-order valence-corrected chi connectivity index (χ3v) is 4.50. The third kappa shape index (κ3) is 4.21. The predicted octanol–water partition coefficient (Wildman–Crippen LogP) is 2.41. The molecule has 72 valence electrons. The van der Waals surface area contributed by atoms with Gasteiger partial charge >= 0.3 is 86.4 Å². The van der Waals surface area contributed by atoms with Crippen molar-refractivity contribution < 1.29 is 9.05 Å². The summed E-state index contributed by atoms with van der Waals surface area (Å²) in [5.74, 6) is -1.71. The zero-order valence-corrected chi connectivity index (χ0v) is 10.4. The fourth-order valence-corrected chi connectivity index (χ4v) is 1.64. The number of hydrogen-bond acceptors (Lipinski definition) is 2. The average Bonchev–Trinajstić information content (AvgIpc) is 2.17. The van der Waals surface area contributed by atoms with Crippen LogP contribution >= 0.6 is 5.96 Å². The van der Waals surface area contributed by atoms with Crippen molar-refractivity contribution >= 4 is 21.1 Å². The summed E-state index contributed by atoms with van der Waals surface area (Å²) >= 11 is 2.94. The molecule has 0 saturated heterocycles. The summed E-state index contributed by atoms with van der Waals surface area (Å²) in [6.07, 6.45) is 0. The zero-order chi connectivity index (χ0) is 9.73. The molecule has 0 heterocycles. The van der Waals surface area contributed by atoms with E-state index < -0.39 is 5.96 Å². The first-order valence-electron chi connectivity index (χ1n) is 3.96. The van der Waals surface area contributed by atoms with Crippen molar-refractivity contribution in [1.29, 1.82) is 0 Å². The zero-order valence-electron chi connectivity index (χ0n) is 7.77. The Kier molecular flexibility index (Phi) is 4.37. The van der Waals surface area contributed by atoms with Crippen LogP contribution in [0.2, 0.25) is 0 Å². The molecule has 1 unspecified atom stereocenters. The van der Waals surface area contributed by atoms with E-state index in [2.05, 4.69) is 15.1 Å². The van der Waals surface area contributed by atoms with Crippen LogP contribution in [0.4, 0.5) is 0 Å². The van der Waals surface area contributed by atoms with E-state index in [1.54, 1.807) is 7.11 Å². The van der Waals surface area contributed by atoms with E-state index in [9.17, 15) is 0 Å². The topological polar surface area (TPSA) is 18.5 Å². The maximum atomic E-state index is 5.60. The Labute approximate surface area is 86.6 Å². The third-order valence-electron chi connectivity index (χ3n) is 1.64. The Morgan fingerprint density at radius 1 is 1.31 bits per heavy atom. The molecule has 0 radical (unpaired) electrons. The number of benzene rings is 1. The van der Waals surface area contributed by atoms with Gasteiger partial charge in [0.1, 0.15) is 0 Å². The molecule has 0 N–H and O–H groups in total. The van der Waals surface area contributed by atoms with Gasteiger partial charge in [0, 0.05) is 0 Å². The van der Waals surface area contributed by atoms with E-state index >= 15 is 0 Å². The summed E-state index contributed by atoms with van der Waals surface area (Å²) in [5.41, 5.74) is 1.17. The minimum atomic E-state index is -1.71. The van der Waals surface area contributed by atoms with E-state index in [4.69, 9.17) is 9.05 Å². The first-order chi connectivity index (χ1) is 6.14. The maximum absolute atomic E-state index is 5.60. The monoisotopic (exact) mass is 264 g/mol. The second kappa shape index (κ2) is 5.09. The molecule has 1 aromatic rings. The predicted molar refractivity (Wildman–Crippen MR) is 56.8 cm³/mol. The van der Waals surface area contributed by atoms with E-state index in [1.165, 1.54) is 5.56 Å². The molecular weight excluding hydrogens is 250 g/mol. The van der Waals surface area contributed by atoms with Crippen LogP contribution in [0.3, 0.4) is 0 Å². The molecule has 1 atom stereocenters. The summed E-state index contributed by atoms with van der Waals surface area (Å²) in [6, 6.07) is 10.1. The van der Waals surface area contributed by atoms with Crippen LogP contribution in [0.5, 0.6) is 0 Å². The molecule has 0 amide bonds. The Morgan fingerprint density at radius 3 is 2.46 bits per heavy atom. The summed E-state index contributed by atoms with van der Waals surface area (Å²) in [4.78, 5) is 0. The van der Waals surface area contributed by atoms with Gasteiger partial charge in [-0.25, -0.2) is 0 Å². The molecule has 0 fully saturated rings. The van der Waals surface area contributed by atoms with Gasteiger partial charge in [0.05, 0.1) is 0 Å². The van der Waals surface area contributed by atoms with Crippen molar-refractivity contribution in [2.45, 2.75) is 6.61 Å². The van der Waals surface area contributed by atoms with Crippen molar-refractivity contribution in [3.05, 3.63) is 35.9 Å². The van der Waals surface area contributed by atoms with Crippen molar-refractivity contribution in [2.75, 3.05) is 13.8 Å². The van der Waals surface area contributed by atoms with Gasteiger partial charge in [-0.3, -0.25) is 0 Å². The Bertz CT molecular complexity index is 300. The molecule has 0 aliphatic heterocycles. The first kappa shape index (κ1) is 11.2. The van der Waals surface area contributed by atoms with Gasteiger partial charge in [0.15, 0.2) is 0 Å². The molecule has 4 heteroatoms.